The van der Waals surface area contributed by atoms with Crippen molar-refractivity contribution in [1.82, 2.24) is 0 Å². The van der Waals surface area contributed by atoms with Gasteiger partial charge in [-0.25, -0.2) is 0 Å². The van der Waals surface area contributed by atoms with E-state index in [0.29, 0.717) is 6.26 Å². The first-order valence-electron chi connectivity index (χ1n) is 4.58. The van der Waals surface area contributed by atoms with Crippen molar-refractivity contribution < 1.29 is 34.9 Å². The van der Waals surface area contributed by atoms with Gasteiger partial charge in [0.1, 0.15) is 0 Å². The number of alkyl halides is 3. The minimum atomic E-state index is -4.83. The summed E-state index contributed by atoms with van der Waals surface area (Å²) < 4.78 is 77.8. The molecule has 0 heterocycles. The largest absolute Gasteiger partial charge is 0.508 e. The number of hydrogen-bond acceptors (Lipinski definition) is 5. The standard InChI is InChI=1S/C7H13F3O5PS/c1-3-14-16(11)5-4-6(7(8,9)10)15-17(2,12)13/h6H,3-5H2,1-2H3/q+1. The van der Waals surface area contributed by atoms with Gasteiger partial charge in [-0.05, 0) is 11.5 Å². The van der Waals surface area contributed by atoms with Crippen LogP contribution in [-0.4, -0.2) is 39.7 Å². The molecular weight excluding hydrogens is 284 g/mol. The zero-order valence-electron chi connectivity index (χ0n) is 9.23. The van der Waals surface area contributed by atoms with Gasteiger partial charge in [0, 0.05) is 6.42 Å². The minimum absolute atomic E-state index is 0.110. The van der Waals surface area contributed by atoms with Crippen LogP contribution in [0.15, 0.2) is 0 Å². The summed E-state index contributed by atoms with van der Waals surface area (Å²) >= 11 is 0. The molecule has 0 saturated heterocycles. The van der Waals surface area contributed by atoms with Crippen LogP contribution in [0.4, 0.5) is 13.2 Å². The molecule has 0 saturated carbocycles. The van der Waals surface area contributed by atoms with Gasteiger partial charge < -0.3 is 0 Å². The molecule has 0 aliphatic carbocycles. The van der Waals surface area contributed by atoms with Crippen molar-refractivity contribution in [2.45, 2.75) is 25.6 Å². The second-order valence-corrected chi connectivity index (χ2v) is 6.06. The van der Waals surface area contributed by atoms with Crippen molar-refractivity contribution >= 4 is 18.1 Å². The maximum absolute atomic E-state index is 12.4. The van der Waals surface area contributed by atoms with Crippen molar-refractivity contribution in [3.8, 4) is 0 Å². The van der Waals surface area contributed by atoms with Crippen LogP contribution in [0.5, 0.6) is 0 Å². The van der Waals surface area contributed by atoms with Crippen LogP contribution in [0, 0.1) is 0 Å². The molecule has 0 aliphatic rings. The lowest BCUT2D eigenvalue weighted by Gasteiger charge is -2.17. The van der Waals surface area contributed by atoms with Gasteiger partial charge in [-0.1, -0.05) is 0 Å². The Morgan fingerprint density at radius 3 is 2.24 bits per heavy atom. The molecule has 0 rings (SSSR count). The molecule has 5 nitrogen and oxygen atoms in total. The Morgan fingerprint density at radius 1 is 1.35 bits per heavy atom. The first-order chi connectivity index (χ1) is 7.56. The molecule has 10 heteroatoms. The summed E-state index contributed by atoms with van der Waals surface area (Å²) in [5.74, 6) is 0. The minimum Gasteiger partial charge on any atom is -0.257 e. The van der Waals surface area contributed by atoms with Gasteiger partial charge in [0.2, 0.25) is 0 Å². The third-order valence-electron chi connectivity index (χ3n) is 1.50. The number of hydrogen-bond donors (Lipinski definition) is 0. The van der Waals surface area contributed by atoms with Crippen molar-refractivity contribution in [2.24, 2.45) is 0 Å². The molecule has 0 bridgehead atoms. The topological polar surface area (TPSA) is 69.7 Å². The summed E-state index contributed by atoms with van der Waals surface area (Å²) in [6.07, 6.45) is -7.94. The fraction of sp³-hybridized carbons (Fsp3) is 1.00. The lowest BCUT2D eigenvalue weighted by molar-refractivity contribution is -0.194. The summed E-state index contributed by atoms with van der Waals surface area (Å²) in [4.78, 5) is 0. The zero-order chi connectivity index (χ0) is 13.7. The normalized spacial score (nSPS) is 15.7. The molecule has 0 aromatic rings. The monoisotopic (exact) mass is 297 g/mol. The van der Waals surface area contributed by atoms with Crippen LogP contribution in [-0.2, 0) is 23.4 Å². The highest BCUT2D eigenvalue weighted by molar-refractivity contribution is 7.86. The van der Waals surface area contributed by atoms with E-state index in [1.165, 1.54) is 0 Å². The molecule has 102 valence electrons. The van der Waals surface area contributed by atoms with E-state index in [1.807, 2.05) is 0 Å². The maximum Gasteiger partial charge on any atom is 0.508 e. The van der Waals surface area contributed by atoms with Gasteiger partial charge in [-0.3, -0.25) is 4.18 Å². The third kappa shape index (κ3) is 8.48. The van der Waals surface area contributed by atoms with Crippen molar-refractivity contribution in [3.63, 3.8) is 0 Å². The fourth-order valence-corrected chi connectivity index (χ4v) is 2.40. The van der Waals surface area contributed by atoms with E-state index in [9.17, 15) is 26.2 Å². The fourth-order valence-electron chi connectivity index (χ4n) is 0.909. The van der Waals surface area contributed by atoms with E-state index in [0.717, 1.165) is 0 Å². The number of rotatable bonds is 7. The molecule has 2 unspecified atom stereocenters. The predicted molar refractivity (Wildman–Crippen MR) is 54.5 cm³/mol. The highest BCUT2D eigenvalue weighted by Gasteiger charge is 2.44. The SMILES string of the molecule is CCO[P+](=O)CCC(OS(C)(=O)=O)C(F)(F)F. The highest BCUT2D eigenvalue weighted by Crippen LogP contribution is 2.31. The van der Waals surface area contributed by atoms with E-state index in [1.54, 1.807) is 6.92 Å². The smallest absolute Gasteiger partial charge is 0.257 e. The molecule has 0 spiro atoms. The van der Waals surface area contributed by atoms with Crippen molar-refractivity contribution in [2.75, 3.05) is 19.0 Å². The quantitative estimate of drug-likeness (QED) is 0.531. The Bertz CT molecular complexity index is 353. The molecule has 17 heavy (non-hydrogen) atoms. The van der Waals surface area contributed by atoms with Crippen LogP contribution < -0.4 is 0 Å². The summed E-state index contributed by atoms with van der Waals surface area (Å²) in [5.41, 5.74) is 0. The average molecular weight is 297 g/mol. The van der Waals surface area contributed by atoms with Gasteiger partial charge in [0.25, 0.3) is 10.1 Å². The molecule has 0 aliphatic heterocycles. The van der Waals surface area contributed by atoms with Crippen LogP contribution in [0.2, 0.25) is 0 Å². The van der Waals surface area contributed by atoms with Gasteiger partial charge in [-0.2, -0.15) is 21.6 Å². The first kappa shape index (κ1) is 16.8. The molecule has 0 aromatic carbocycles. The Kier molecular flexibility index (Phi) is 6.53. The van der Waals surface area contributed by atoms with E-state index in [-0.39, 0.29) is 6.61 Å². The second kappa shape index (κ2) is 6.63. The zero-order valence-corrected chi connectivity index (χ0v) is 10.9. The summed E-state index contributed by atoms with van der Waals surface area (Å²) in [5, 5.41) is 0. The van der Waals surface area contributed by atoms with E-state index in [4.69, 9.17) is 0 Å². The van der Waals surface area contributed by atoms with E-state index >= 15 is 0 Å². The molecular formula is C7H13F3O5PS+. The predicted octanol–water partition coefficient (Wildman–Crippen LogP) is 2.06. The molecule has 0 fully saturated rings. The van der Waals surface area contributed by atoms with Crippen molar-refractivity contribution in [3.05, 3.63) is 0 Å². The van der Waals surface area contributed by atoms with E-state index in [2.05, 4.69) is 8.71 Å². The summed E-state index contributed by atoms with van der Waals surface area (Å²) in [6.45, 7) is 1.65. The Labute approximate surface area is 98.3 Å². The summed E-state index contributed by atoms with van der Waals surface area (Å²) in [7, 11) is -6.45. The molecule has 0 radical (unpaired) electrons. The van der Waals surface area contributed by atoms with Crippen LogP contribution in [0.25, 0.3) is 0 Å². The van der Waals surface area contributed by atoms with E-state index < -0.39 is 43.0 Å². The molecule has 0 amide bonds. The summed E-state index contributed by atoms with van der Waals surface area (Å²) in [6, 6.07) is 0. The van der Waals surface area contributed by atoms with Gasteiger partial charge in [0.15, 0.2) is 12.3 Å². The Morgan fingerprint density at radius 2 is 1.88 bits per heavy atom. The lowest BCUT2D eigenvalue weighted by atomic mass is 10.3. The maximum atomic E-state index is 12.4. The van der Waals surface area contributed by atoms with Gasteiger partial charge in [0.05, 0.1) is 12.9 Å². The van der Waals surface area contributed by atoms with Crippen LogP contribution in [0.3, 0.4) is 0 Å². The molecule has 2 atom stereocenters. The average Bonchev–Trinajstić information content (AvgIpc) is 2.09. The number of halogens is 3. The second-order valence-electron chi connectivity index (χ2n) is 3.09. The van der Waals surface area contributed by atoms with Crippen LogP contribution in [0.1, 0.15) is 13.3 Å². The Balaban J connectivity index is 4.47. The third-order valence-corrected chi connectivity index (χ3v) is 3.25. The lowest BCUT2D eigenvalue weighted by Crippen LogP contribution is -2.34. The Hall–Kier alpha value is -0.240. The highest BCUT2D eigenvalue weighted by atomic mass is 32.2. The van der Waals surface area contributed by atoms with Crippen molar-refractivity contribution in [1.29, 1.82) is 0 Å². The first-order valence-corrected chi connectivity index (χ1v) is 7.76. The van der Waals surface area contributed by atoms with Gasteiger partial charge in [-0.15, -0.1) is 4.52 Å². The molecule has 0 aromatic heterocycles. The van der Waals surface area contributed by atoms with Crippen LogP contribution >= 0.6 is 8.03 Å². The molecule has 0 N–H and O–H groups in total. The van der Waals surface area contributed by atoms with Gasteiger partial charge >= 0.3 is 14.2 Å².